The quantitative estimate of drug-likeness (QED) is 0.755. The zero-order valence-corrected chi connectivity index (χ0v) is 12.7. The second-order valence-corrected chi connectivity index (χ2v) is 6.22. The van der Waals surface area contributed by atoms with Crippen LogP contribution in [0.25, 0.3) is 11.3 Å². The lowest BCUT2D eigenvalue weighted by Crippen LogP contribution is -2.11. The molecule has 0 N–H and O–H groups in total. The van der Waals surface area contributed by atoms with Crippen LogP contribution in [-0.4, -0.2) is 9.97 Å². The van der Waals surface area contributed by atoms with Gasteiger partial charge in [-0.05, 0) is 43.4 Å². The fourth-order valence-electron chi connectivity index (χ4n) is 2.27. The number of aryl methyl sites for hydroxylation is 3. The molecule has 0 aliphatic carbocycles. The van der Waals surface area contributed by atoms with Crippen molar-refractivity contribution < 1.29 is 0 Å². The number of hydrogen-bond donors (Lipinski definition) is 0. The van der Waals surface area contributed by atoms with Crippen LogP contribution in [0.5, 0.6) is 0 Å². The van der Waals surface area contributed by atoms with Crippen LogP contribution in [0.15, 0.2) is 24.3 Å². The number of benzene rings is 1. The van der Waals surface area contributed by atoms with Crippen molar-refractivity contribution in [1.29, 1.82) is 0 Å². The lowest BCUT2D eigenvalue weighted by Gasteiger charge is -2.20. The van der Waals surface area contributed by atoms with E-state index in [1.165, 1.54) is 16.7 Å². The fourth-order valence-corrected chi connectivity index (χ4v) is 2.27. The summed E-state index contributed by atoms with van der Waals surface area (Å²) in [5.74, 6) is 0.828. The first-order valence-corrected chi connectivity index (χ1v) is 6.71. The number of nitrogens with zero attached hydrogens (tertiary/aromatic N) is 2. The van der Waals surface area contributed by atoms with Gasteiger partial charge in [-0.2, -0.15) is 0 Å². The summed E-state index contributed by atoms with van der Waals surface area (Å²) in [6, 6.07) is 8.69. The van der Waals surface area contributed by atoms with Gasteiger partial charge in [0.15, 0.2) is 0 Å². The molecule has 0 atom stereocenters. The Morgan fingerprint density at radius 2 is 1.58 bits per heavy atom. The molecule has 0 aliphatic heterocycles. The van der Waals surface area contributed by atoms with Crippen LogP contribution in [0, 0.1) is 20.8 Å². The van der Waals surface area contributed by atoms with Crippen molar-refractivity contribution in [3.05, 3.63) is 46.9 Å². The van der Waals surface area contributed by atoms with E-state index in [2.05, 4.69) is 55.9 Å². The average Bonchev–Trinajstić information content (AvgIpc) is 2.26. The van der Waals surface area contributed by atoms with E-state index >= 15 is 0 Å². The Labute approximate surface area is 115 Å². The SMILES string of the molecule is Cc1cc(-c2ccc(C(C)(C)C)cc2C)nc(C)n1. The minimum Gasteiger partial charge on any atom is -0.239 e. The molecule has 100 valence electrons. The molecular formula is C17H22N2. The molecule has 0 fully saturated rings. The zero-order chi connectivity index (χ0) is 14.2. The third-order valence-electron chi connectivity index (χ3n) is 3.33. The highest BCUT2D eigenvalue weighted by Crippen LogP contribution is 2.28. The van der Waals surface area contributed by atoms with E-state index in [0.29, 0.717) is 0 Å². The van der Waals surface area contributed by atoms with Crippen molar-refractivity contribution in [3.63, 3.8) is 0 Å². The highest BCUT2D eigenvalue weighted by Gasteiger charge is 2.15. The minimum atomic E-state index is 0.181. The van der Waals surface area contributed by atoms with Crippen LogP contribution < -0.4 is 0 Å². The molecule has 2 heteroatoms. The number of aromatic nitrogens is 2. The van der Waals surface area contributed by atoms with Crippen LogP contribution >= 0.6 is 0 Å². The van der Waals surface area contributed by atoms with Gasteiger partial charge in [0.25, 0.3) is 0 Å². The van der Waals surface area contributed by atoms with Crippen LogP contribution in [0.2, 0.25) is 0 Å². The van der Waals surface area contributed by atoms with Crippen LogP contribution in [-0.2, 0) is 5.41 Å². The monoisotopic (exact) mass is 254 g/mol. The highest BCUT2D eigenvalue weighted by atomic mass is 14.9. The Balaban J connectivity index is 2.52. The highest BCUT2D eigenvalue weighted by molar-refractivity contribution is 5.64. The van der Waals surface area contributed by atoms with E-state index in [4.69, 9.17) is 0 Å². The second kappa shape index (κ2) is 4.76. The van der Waals surface area contributed by atoms with Gasteiger partial charge in [0.2, 0.25) is 0 Å². The first-order valence-electron chi connectivity index (χ1n) is 6.71. The molecule has 19 heavy (non-hydrogen) atoms. The van der Waals surface area contributed by atoms with E-state index in [-0.39, 0.29) is 5.41 Å². The molecule has 0 bridgehead atoms. The van der Waals surface area contributed by atoms with Gasteiger partial charge < -0.3 is 0 Å². The van der Waals surface area contributed by atoms with E-state index < -0.39 is 0 Å². The average molecular weight is 254 g/mol. The maximum atomic E-state index is 4.55. The third-order valence-corrected chi connectivity index (χ3v) is 3.33. The van der Waals surface area contributed by atoms with Crippen molar-refractivity contribution in [2.45, 2.75) is 47.0 Å². The molecule has 2 rings (SSSR count). The first-order chi connectivity index (χ1) is 8.77. The van der Waals surface area contributed by atoms with Gasteiger partial charge in [0.1, 0.15) is 5.82 Å². The molecule has 2 nitrogen and oxygen atoms in total. The minimum absolute atomic E-state index is 0.181. The summed E-state index contributed by atoms with van der Waals surface area (Å²) in [6.45, 7) is 12.8. The van der Waals surface area contributed by atoms with Gasteiger partial charge in [-0.15, -0.1) is 0 Å². The van der Waals surface area contributed by atoms with Gasteiger partial charge in [-0.3, -0.25) is 0 Å². The lowest BCUT2D eigenvalue weighted by atomic mass is 9.85. The summed E-state index contributed by atoms with van der Waals surface area (Å²) in [5, 5.41) is 0. The summed E-state index contributed by atoms with van der Waals surface area (Å²) in [4.78, 5) is 8.88. The summed E-state index contributed by atoms with van der Waals surface area (Å²) >= 11 is 0. The summed E-state index contributed by atoms with van der Waals surface area (Å²) in [7, 11) is 0. The Morgan fingerprint density at radius 1 is 0.895 bits per heavy atom. The molecule has 1 aromatic heterocycles. The summed E-state index contributed by atoms with van der Waals surface area (Å²) in [6.07, 6.45) is 0. The normalized spacial score (nSPS) is 11.7. The van der Waals surface area contributed by atoms with Crippen LogP contribution in [0.1, 0.15) is 43.4 Å². The standard InChI is InChI=1S/C17H22N2/c1-11-9-14(17(4,5)6)7-8-15(11)16-10-12(2)18-13(3)19-16/h7-10H,1-6H3. The Bertz CT molecular complexity index is 587. The molecule has 1 aromatic carbocycles. The maximum Gasteiger partial charge on any atom is 0.126 e. The fraction of sp³-hybridized carbons (Fsp3) is 0.412. The van der Waals surface area contributed by atoms with E-state index in [1.54, 1.807) is 0 Å². The van der Waals surface area contributed by atoms with E-state index in [0.717, 1.165) is 17.2 Å². The number of rotatable bonds is 1. The Morgan fingerprint density at radius 3 is 2.11 bits per heavy atom. The van der Waals surface area contributed by atoms with Crippen molar-refractivity contribution >= 4 is 0 Å². The van der Waals surface area contributed by atoms with Gasteiger partial charge in [-0.25, -0.2) is 9.97 Å². The molecule has 1 heterocycles. The molecular weight excluding hydrogens is 232 g/mol. The first kappa shape index (κ1) is 13.7. The van der Waals surface area contributed by atoms with E-state index in [9.17, 15) is 0 Å². The van der Waals surface area contributed by atoms with Crippen molar-refractivity contribution in [2.24, 2.45) is 0 Å². The van der Waals surface area contributed by atoms with Gasteiger partial charge in [0, 0.05) is 11.3 Å². The van der Waals surface area contributed by atoms with Gasteiger partial charge >= 0.3 is 0 Å². The lowest BCUT2D eigenvalue weighted by molar-refractivity contribution is 0.590. The smallest absolute Gasteiger partial charge is 0.126 e. The third kappa shape index (κ3) is 3.01. The molecule has 0 saturated heterocycles. The summed E-state index contributed by atoms with van der Waals surface area (Å²) in [5.41, 5.74) is 6.04. The molecule has 0 aliphatic rings. The van der Waals surface area contributed by atoms with Crippen LogP contribution in [0.3, 0.4) is 0 Å². The largest absolute Gasteiger partial charge is 0.239 e. The van der Waals surface area contributed by atoms with Crippen molar-refractivity contribution in [1.82, 2.24) is 9.97 Å². The molecule has 0 radical (unpaired) electrons. The van der Waals surface area contributed by atoms with Gasteiger partial charge in [-0.1, -0.05) is 39.0 Å². The van der Waals surface area contributed by atoms with Crippen molar-refractivity contribution in [2.75, 3.05) is 0 Å². The van der Waals surface area contributed by atoms with Gasteiger partial charge in [0.05, 0.1) is 5.69 Å². The van der Waals surface area contributed by atoms with E-state index in [1.807, 2.05) is 19.9 Å². The molecule has 2 aromatic rings. The Hall–Kier alpha value is -1.70. The maximum absolute atomic E-state index is 4.55. The predicted molar refractivity (Wildman–Crippen MR) is 80.4 cm³/mol. The molecule has 0 spiro atoms. The molecule has 0 amide bonds. The number of hydrogen-bond acceptors (Lipinski definition) is 2. The second-order valence-electron chi connectivity index (χ2n) is 6.22. The zero-order valence-electron chi connectivity index (χ0n) is 12.7. The summed E-state index contributed by atoms with van der Waals surface area (Å²) < 4.78 is 0. The topological polar surface area (TPSA) is 25.8 Å². The molecule has 0 saturated carbocycles. The molecule has 0 unspecified atom stereocenters. The Kier molecular flexibility index (Phi) is 3.44. The van der Waals surface area contributed by atoms with Crippen molar-refractivity contribution in [3.8, 4) is 11.3 Å². The van der Waals surface area contributed by atoms with Crippen LogP contribution in [0.4, 0.5) is 0 Å². The predicted octanol–water partition coefficient (Wildman–Crippen LogP) is 4.37.